The lowest BCUT2D eigenvalue weighted by molar-refractivity contribution is -0.385. The van der Waals surface area contributed by atoms with E-state index in [9.17, 15) is 14.5 Å². The highest BCUT2D eigenvalue weighted by Gasteiger charge is 2.21. The predicted octanol–water partition coefficient (Wildman–Crippen LogP) is 1.90. The topological polar surface area (TPSA) is 90.8 Å². The Morgan fingerprint density at radius 1 is 1.56 bits per heavy atom. The zero-order valence-corrected chi connectivity index (χ0v) is 9.51. The molecule has 6 nitrogen and oxygen atoms in total. The first-order chi connectivity index (χ1) is 8.58. The summed E-state index contributed by atoms with van der Waals surface area (Å²) in [6.45, 7) is 0.419. The van der Waals surface area contributed by atoms with E-state index >= 15 is 0 Å². The number of halogens is 1. The van der Waals surface area contributed by atoms with Crippen LogP contribution in [0.3, 0.4) is 0 Å². The summed E-state index contributed by atoms with van der Waals surface area (Å²) in [6, 6.07) is 2.85. The van der Waals surface area contributed by atoms with Gasteiger partial charge in [0.15, 0.2) is 0 Å². The molecule has 0 aliphatic carbocycles. The van der Waals surface area contributed by atoms with Crippen LogP contribution in [0.2, 0.25) is 0 Å². The van der Waals surface area contributed by atoms with Crippen LogP contribution in [0.15, 0.2) is 23.2 Å². The monoisotopic (exact) mass is 253 g/mol. The van der Waals surface area contributed by atoms with E-state index < -0.39 is 16.8 Å². The molecule has 0 spiro atoms. The van der Waals surface area contributed by atoms with Crippen molar-refractivity contribution in [2.24, 2.45) is 10.7 Å². The molecule has 1 aromatic carbocycles. The van der Waals surface area contributed by atoms with Crippen LogP contribution >= 0.6 is 0 Å². The van der Waals surface area contributed by atoms with Crippen LogP contribution in [0, 0.1) is 15.9 Å². The first-order valence-corrected chi connectivity index (χ1v) is 5.48. The highest BCUT2D eigenvalue weighted by molar-refractivity contribution is 5.72. The van der Waals surface area contributed by atoms with Gasteiger partial charge in [0.05, 0.1) is 17.6 Å². The Balaban J connectivity index is 2.39. The molecule has 1 unspecified atom stereocenters. The first-order valence-electron chi connectivity index (χ1n) is 5.48. The molecular formula is C11H12FN3O3. The summed E-state index contributed by atoms with van der Waals surface area (Å²) in [5.74, 6) is -0.524. The molecule has 0 radical (unpaired) electrons. The number of nitrogens with zero attached hydrogens (tertiary/aromatic N) is 2. The van der Waals surface area contributed by atoms with E-state index in [0.29, 0.717) is 19.4 Å². The zero-order chi connectivity index (χ0) is 13.1. The second-order valence-corrected chi connectivity index (χ2v) is 3.94. The minimum absolute atomic E-state index is 0.0107. The summed E-state index contributed by atoms with van der Waals surface area (Å²) in [5.41, 5.74) is 5.50. The number of hydrogen-bond acceptors (Lipinski definition) is 5. The van der Waals surface area contributed by atoms with Crippen LogP contribution in [-0.2, 0) is 4.74 Å². The quantitative estimate of drug-likeness (QED) is 0.643. The SMILES string of the molecule is NC1=NC(c2cc([N+](=O)[O-])ccc2F)CCCO1. The van der Waals surface area contributed by atoms with Gasteiger partial charge in [0.2, 0.25) is 0 Å². The van der Waals surface area contributed by atoms with Crippen molar-refractivity contribution in [3.05, 3.63) is 39.7 Å². The standard InChI is InChI=1S/C11H12FN3O3/c12-9-4-3-7(15(16)17)6-8(9)10-2-1-5-18-11(13)14-10/h3-4,6,10H,1-2,5H2,(H2,13,14). The molecule has 0 saturated carbocycles. The highest BCUT2D eigenvalue weighted by atomic mass is 19.1. The summed E-state index contributed by atoms with van der Waals surface area (Å²) in [4.78, 5) is 14.1. The maximum atomic E-state index is 13.7. The average Bonchev–Trinajstić information content (AvgIpc) is 2.54. The molecule has 1 aliphatic heterocycles. The molecule has 0 saturated heterocycles. The number of nitrogens with two attached hydrogens (primary N) is 1. The van der Waals surface area contributed by atoms with E-state index in [2.05, 4.69) is 4.99 Å². The lowest BCUT2D eigenvalue weighted by atomic mass is 10.0. The molecule has 1 heterocycles. The van der Waals surface area contributed by atoms with E-state index in [0.717, 1.165) is 12.1 Å². The number of ether oxygens (including phenoxy) is 1. The fourth-order valence-electron chi connectivity index (χ4n) is 1.83. The number of non-ortho nitro benzene ring substituents is 1. The molecular weight excluding hydrogens is 241 g/mol. The number of amidine groups is 1. The summed E-state index contributed by atoms with van der Waals surface area (Å²) in [7, 11) is 0. The zero-order valence-electron chi connectivity index (χ0n) is 9.51. The largest absolute Gasteiger partial charge is 0.465 e. The van der Waals surface area contributed by atoms with E-state index in [-0.39, 0.29) is 17.3 Å². The first kappa shape index (κ1) is 12.3. The number of hydrogen-bond donors (Lipinski definition) is 1. The Bertz CT molecular complexity index is 504. The van der Waals surface area contributed by atoms with Crippen molar-refractivity contribution in [2.75, 3.05) is 6.61 Å². The van der Waals surface area contributed by atoms with Crippen molar-refractivity contribution in [3.63, 3.8) is 0 Å². The average molecular weight is 253 g/mol. The van der Waals surface area contributed by atoms with Gasteiger partial charge in [-0.25, -0.2) is 9.38 Å². The van der Waals surface area contributed by atoms with Crippen LogP contribution < -0.4 is 5.73 Å². The third-order valence-corrected chi connectivity index (χ3v) is 2.70. The number of aliphatic imine (C=N–C) groups is 1. The summed E-state index contributed by atoms with van der Waals surface area (Å²) < 4.78 is 18.7. The molecule has 18 heavy (non-hydrogen) atoms. The molecule has 2 N–H and O–H groups in total. The van der Waals surface area contributed by atoms with Gasteiger partial charge in [-0.15, -0.1) is 0 Å². The molecule has 0 bridgehead atoms. The second-order valence-electron chi connectivity index (χ2n) is 3.94. The summed E-state index contributed by atoms with van der Waals surface area (Å²) >= 11 is 0. The number of nitro groups is 1. The Hall–Kier alpha value is -2.18. The lowest BCUT2D eigenvalue weighted by Crippen LogP contribution is -2.15. The van der Waals surface area contributed by atoms with Gasteiger partial charge in [0.1, 0.15) is 5.82 Å². The molecule has 0 aromatic heterocycles. The van der Waals surface area contributed by atoms with Crippen LogP contribution in [0.4, 0.5) is 10.1 Å². The van der Waals surface area contributed by atoms with Crippen molar-refractivity contribution in [2.45, 2.75) is 18.9 Å². The Labute approximate surface area is 102 Å². The second kappa shape index (κ2) is 4.99. The third kappa shape index (κ3) is 2.55. The van der Waals surface area contributed by atoms with Crippen LogP contribution in [0.1, 0.15) is 24.4 Å². The third-order valence-electron chi connectivity index (χ3n) is 2.70. The van der Waals surface area contributed by atoms with E-state index in [1.165, 1.54) is 6.07 Å². The van der Waals surface area contributed by atoms with Gasteiger partial charge in [-0.05, 0) is 18.9 Å². The fraction of sp³-hybridized carbons (Fsp3) is 0.364. The van der Waals surface area contributed by atoms with Crippen molar-refractivity contribution >= 4 is 11.7 Å². The number of benzene rings is 1. The maximum Gasteiger partial charge on any atom is 0.282 e. The van der Waals surface area contributed by atoms with Crippen molar-refractivity contribution < 1.29 is 14.1 Å². The van der Waals surface area contributed by atoms with Gasteiger partial charge in [-0.1, -0.05) is 0 Å². The molecule has 2 rings (SSSR count). The minimum atomic E-state index is -0.566. The van der Waals surface area contributed by atoms with Crippen molar-refractivity contribution in [1.82, 2.24) is 0 Å². The smallest absolute Gasteiger partial charge is 0.282 e. The van der Waals surface area contributed by atoms with Crippen LogP contribution in [0.5, 0.6) is 0 Å². The predicted molar refractivity (Wildman–Crippen MR) is 62.6 cm³/mol. The van der Waals surface area contributed by atoms with E-state index in [1.807, 2.05) is 0 Å². The van der Waals surface area contributed by atoms with E-state index in [4.69, 9.17) is 10.5 Å². The van der Waals surface area contributed by atoms with Gasteiger partial charge in [-0.2, -0.15) is 0 Å². The Morgan fingerprint density at radius 3 is 3.06 bits per heavy atom. The van der Waals surface area contributed by atoms with Gasteiger partial charge in [-0.3, -0.25) is 10.1 Å². The van der Waals surface area contributed by atoms with Gasteiger partial charge in [0.25, 0.3) is 11.7 Å². The fourth-order valence-corrected chi connectivity index (χ4v) is 1.83. The molecule has 1 atom stereocenters. The molecule has 7 heteroatoms. The molecule has 96 valence electrons. The maximum absolute atomic E-state index is 13.7. The van der Waals surface area contributed by atoms with Gasteiger partial charge in [0, 0.05) is 17.7 Å². The number of nitro benzene ring substituents is 1. The minimum Gasteiger partial charge on any atom is -0.465 e. The molecule has 0 fully saturated rings. The lowest BCUT2D eigenvalue weighted by Gasteiger charge is -2.10. The van der Waals surface area contributed by atoms with Gasteiger partial charge < -0.3 is 10.5 Å². The van der Waals surface area contributed by atoms with Crippen LogP contribution in [0.25, 0.3) is 0 Å². The Morgan fingerprint density at radius 2 is 2.33 bits per heavy atom. The van der Waals surface area contributed by atoms with Gasteiger partial charge >= 0.3 is 0 Å². The highest BCUT2D eigenvalue weighted by Crippen LogP contribution is 2.29. The molecule has 0 amide bonds. The van der Waals surface area contributed by atoms with Crippen molar-refractivity contribution in [3.8, 4) is 0 Å². The van der Waals surface area contributed by atoms with E-state index in [1.54, 1.807) is 0 Å². The summed E-state index contributed by atoms with van der Waals surface area (Å²) in [5, 5.41) is 10.7. The summed E-state index contributed by atoms with van der Waals surface area (Å²) in [6.07, 6.45) is 1.20. The Kier molecular flexibility index (Phi) is 3.40. The molecule has 1 aliphatic rings. The number of rotatable bonds is 2. The van der Waals surface area contributed by atoms with Crippen LogP contribution in [-0.4, -0.2) is 17.6 Å². The normalized spacial score (nSPS) is 19.6. The molecule has 1 aromatic rings. The van der Waals surface area contributed by atoms with Crippen molar-refractivity contribution in [1.29, 1.82) is 0 Å².